The van der Waals surface area contributed by atoms with E-state index < -0.39 is 0 Å². The molecule has 0 saturated carbocycles. The topological polar surface area (TPSA) is 58.4 Å². The van der Waals surface area contributed by atoms with Gasteiger partial charge in [-0.15, -0.1) is 24.8 Å². The van der Waals surface area contributed by atoms with Crippen LogP contribution in [0.4, 0.5) is 0 Å². The van der Waals surface area contributed by atoms with Gasteiger partial charge in [-0.2, -0.15) is 0 Å². The molecule has 0 atom stereocenters. The van der Waals surface area contributed by atoms with E-state index in [1.165, 1.54) is 11.1 Å². The summed E-state index contributed by atoms with van der Waals surface area (Å²) in [6.07, 6.45) is 2.13. The van der Waals surface area contributed by atoms with Crippen LogP contribution in [-0.4, -0.2) is 37.5 Å². The summed E-state index contributed by atoms with van der Waals surface area (Å²) in [5.41, 5.74) is 8.82. The Morgan fingerprint density at radius 2 is 1.65 bits per heavy atom. The molecule has 0 saturated heterocycles. The standard InChI is InChI=1S/C24H28BrN3O.2ClH/c1-28(15-4-5-18-8-10-19(17-26)11-9-18)16-14-27-24(29)22-13-12-20-6-2-3-7-21(20)23(22)25;;/h2-3,6-13H,4-5,14-17,26H2,1H3,(H,27,29);2*1H. The Bertz CT molecular complexity index is 967. The van der Waals surface area contributed by atoms with Crippen LogP contribution in [0, 0.1) is 0 Å². The maximum Gasteiger partial charge on any atom is 0.252 e. The number of carbonyl (C=O) groups excluding carboxylic acids is 1. The van der Waals surface area contributed by atoms with Gasteiger partial charge in [0.05, 0.1) is 5.56 Å². The first-order chi connectivity index (χ1) is 14.1. The molecular weight excluding hydrogens is 497 g/mol. The summed E-state index contributed by atoms with van der Waals surface area (Å²) < 4.78 is 0.849. The normalized spacial score (nSPS) is 10.5. The quantitative estimate of drug-likeness (QED) is 0.403. The highest BCUT2D eigenvalue weighted by Crippen LogP contribution is 2.27. The molecule has 0 aliphatic rings. The second-order valence-electron chi connectivity index (χ2n) is 7.33. The van der Waals surface area contributed by atoms with Gasteiger partial charge in [-0.25, -0.2) is 0 Å². The van der Waals surface area contributed by atoms with E-state index in [1.807, 2.05) is 36.4 Å². The third-order valence-corrected chi connectivity index (χ3v) is 6.01. The Kier molecular flexibility index (Phi) is 12.1. The Balaban J connectivity index is 0.00000240. The number of likely N-dealkylation sites (N-methyl/N-ethyl adjacent to an activating group) is 1. The van der Waals surface area contributed by atoms with Crippen LogP contribution in [-0.2, 0) is 13.0 Å². The summed E-state index contributed by atoms with van der Waals surface area (Å²) in [4.78, 5) is 14.8. The number of fused-ring (bicyclic) bond motifs is 1. The van der Waals surface area contributed by atoms with E-state index >= 15 is 0 Å². The van der Waals surface area contributed by atoms with Crippen molar-refractivity contribution >= 4 is 57.4 Å². The van der Waals surface area contributed by atoms with Crippen molar-refractivity contribution in [1.29, 1.82) is 0 Å². The number of nitrogens with zero attached hydrogens (tertiary/aromatic N) is 1. The molecule has 4 nitrogen and oxygen atoms in total. The van der Waals surface area contributed by atoms with Crippen LogP contribution in [0.1, 0.15) is 27.9 Å². The Hall–Kier alpha value is -1.63. The highest BCUT2D eigenvalue weighted by Gasteiger charge is 2.12. The smallest absolute Gasteiger partial charge is 0.252 e. The number of amides is 1. The molecule has 0 aromatic heterocycles. The lowest BCUT2D eigenvalue weighted by Gasteiger charge is -2.17. The second kappa shape index (κ2) is 13.7. The van der Waals surface area contributed by atoms with Gasteiger partial charge < -0.3 is 16.0 Å². The molecule has 0 spiro atoms. The van der Waals surface area contributed by atoms with E-state index in [1.54, 1.807) is 0 Å². The maximum atomic E-state index is 12.6. The molecule has 0 radical (unpaired) electrons. The molecule has 3 N–H and O–H groups in total. The van der Waals surface area contributed by atoms with Gasteiger partial charge in [-0.05, 0) is 70.3 Å². The molecule has 0 unspecified atom stereocenters. The number of hydrogen-bond donors (Lipinski definition) is 2. The summed E-state index contributed by atoms with van der Waals surface area (Å²) in [6.45, 7) is 3.03. The van der Waals surface area contributed by atoms with Gasteiger partial charge in [0.15, 0.2) is 0 Å². The fourth-order valence-electron chi connectivity index (χ4n) is 3.37. The van der Waals surface area contributed by atoms with Crippen LogP contribution in [0.15, 0.2) is 65.1 Å². The summed E-state index contributed by atoms with van der Waals surface area (Å²) in [7, 11) is 2.09. The fourth-order valence-corrected chi connectivity index (χ4v) is 4.04. The summed E-state index contributed by atoms with van der Waals surface area (Å²) in [5, 5.41) is 5.21. The zero-order valence-corrected chi connectivity index (χ0v) is 20.9. The van der Waals surface area contributed by atoms with E-state index in [-0.39, 0.29) is 30.7 Å². The van der Waals surface area contributed by atoms with Gasteiger partial charge in [0.2, 0.25) is 0 Å². The first-order valence-electron chi connectivity index (χ1n) is 10.0. The number of aryl methyl sites for hydroxylation is 1. The fraction of sp³-hybridized carbons (Fsp3) is 0.292. The Labute approximate surface area is 205 Å². The van der Waals surface area contributed by atoms with Gasteiger partial charge in [-0.1, -0.05) is 54.6 Å². The Morgan fingerprint density at radius 3 is 2.35 bits per heavy atom. The van der Waals surface area contributed by atoms with Gasteiger partial charge in [0, 0.05) is 24.1 Å². The monoisotopic (exact) mass is 525 g/mol. The van der Waals surface area contributed by atoms with Gasteiger partial charge in [-0.3, -0.25) is 4.79 Å². The van der Waals surface area contributed by atoms with Crippen LogP contribution in [0.2, 0.25) is 0 Å². The number of carbonyl (C=O) groups is 1. The third kappa shape index (κ3) is 7.78. The number of rotatable bonds is 9. The lowest BCUT2D eigenvalue weighted by atomic mass is 10.1. The van der Waals surface area contributed by atoms with E-state index in [0.29, 0.717) is 18.7 Å². The van der Waals surface area contributed by atoms with Crippen molar-refractivity contribution in [2.45, 2.75) is 19.4 Å². The highest BCUT2D eigenvalue weighted by atomic mass is 79.9. The maximum absolute atomic E-state index is 12.6. The molecule has 3 aromatic carbocycles. The molecule has 1 amide bonds. The van der Waals surface area contributed by atoms with Crippen LogP contribution in [0.5, 0.6) is 0 Å². The predicted molar refractivity (Wildman–Crippen MR) is 139 cm³/mol. The molecule has 3 aromatic rings. The van der Waals surface area contributed by atoms with Crippen molar-refractivity contribution in [1.82, 2.24) is 10.2 Å². The molecule has 31 heavy (non-hydrogen) atoms. The lowest BCUT2D eigenvalue weighted by molar-refractivity contribution is 0.0949. The molecule has 168 valence electrons. The average molecular weight is 527 g/mol. The van der Waals surface area contributed by atoms with Crippen LogP contribution < -0.4 is 11.1 Å². The number of benzene rings is 3. The van der Waals surface area contributed by atoms with Crippen molar-refractivity contribution in [3.8, 4) is 0 Å². The van der Waals surface area contributed by atoms with Crippen LogP contribution in [0.25, 0.3) is 10.8 Å². The Morgan fingerprint density at radius 1 is 0.968 bits per heavy atom. The number of halogens is 3. The van der Waals surface area contributed by atoms with Gasteiger partial charge >= 0.3 is 0 Å². The number of hydrogen-bond acceptors (Lipinski definition) is 3. The summed E-state index contributed by atoms with van der Waals surface area (Å²) >= 11 is 3.59. The first-order valence-corrected chi connectivity index (χ1v) is 10.8. The third-order valence-electron chi connectivity index (χ3n) is 5.15. The first kappa shape index (κ1) is 27.4. The van der Waals surface area contributed by atoms with E-state index in [0.717, 1.165) is 41.2 Å². The van der Waals surface area contributed by atoms with Crippen molar-refractivity contribution in [3.05, 3.63) is 81.8 Å². The minimum atomic E-state index is -0.0454. The molecular formula is C24H30BrCl2N3O. The summed E-state index contributed by atoms with van der Waals surface area (Å²) in [5.74, 6) is -0.0454. The molecule has 0 aliphatic heterocycles. The van der Waals surface area contributed by atoms with Gasteiger partial charge in [0.25, 0.3) is 5.91 Å². The number of nitrogens with two attached hydrogens (primary N) is 1. The zero-order chi connectivity index (χ0) is 20.6. The van der Waals surface area contributed by atoms with E-state index in [4.69, 9.17) is 5.73 Å². The predicted octanol–water partition coefficient (Wildman–Crippen LogP) is 5.20. The lowest BCUT2D eigenvalue weighted by Crippen LogP contribution is -2.33. The highest BCUT2D eigenvalue weighted by molar-refractivity contribution is 9.10. The van der Waals surface area contributed by atoms with Crippen molar-refractivity contribution in [2.24, 2.45) is 5.73 Å². The van der Waals surface area contributed by atoms with Crippen LogP contribution in [0.3, 0.4) is 0 Å². The SMILES string of the molecule is CN(CCCc1ccc(CN)cc1)CCNC(=O)c1ccc2ccccc2c1Br.Cl.Cl. The molecule has 0 fully saturated rings. The molecule has 0 aliphatic carbocycles. The molecule has 0 heterocycles. The minimum Gasteiger partial charge on any atom is -0.351 e. The minimum absolute atomic E-state index is 0. The number of nitrogens with one attached hydrogen (secondary N) is 1. The summed E-state index contributed by atoms with van der Waals surface area (Å²) in [6, 6.07) is 20.4. The van der Waals surface area contributed by atoms with Gasteiger partial charge in [0.1, 0.15) is 0 Å². The molecule has 3 rings (SSSR count). The van der Waals surface area contributed by atoms with Crippen LogP contribution >= 0.6 is 40.7 Å². The van der Waals surface area contributed by atoms with Crippen molar-refractivity contribution in [2.75, 3.05) is 26.7 Å². The molecule has 7 heteroatoms. The average Bonchev–Trinajstić information content (AvgIpc) is 2.74. The van der Waals surface area contributed by atoms with Crippen molar-refractivity contribution < 1.29 is 4.79 Å². The van der Waals surface area contributed by atoms with E-state index in [9.17, 15) is 4.79 Å². The second-order valence-corrected chi connectivity index (χ2v) is 8.12. The molecule has 0 bridgehead atoms. The van der Waals surface area contributed by atoms with Crippen molar-refractivity contribution in [3.63, 3.8) is 0 Å². The zero-order valence-electron chi connectivity index (χ0n) is 17.6. The largest absolute Gasteiger partial charge is 0.351 e. The van der Waals surface area contributed by atoms with E-state index in [2.05, 4.69) is 57.5 Å².